The zero-order valence-corrected chi connectivity index (χ0v) is 6.45. The Morgan fingerprint density at radius 2 is 2.00 bits per heavy atom. The van der Waals surface area contributed by atoms with Gasteiger partial charge in [0.25, 0.3) is 0 Å². The van der Waals surface area contributed by atoms with E-state index in [1.54, 1.807) is 6.92 Å². The van der Waals surface area contributed by atoms with Crippen LogP contribution < -0.4 is 0 Å². The molecule has 68 valence electrons. The van der Waals surface area contributed by atoms with Crippen molar-refractivity contribution in [2.75, 3.05) is 0 Å². The van der Waals surface area contributed by atoms with E-state index in [-0.39, 0.29) is 12.3 Å². The Labute approximate surface area is 67.6 Å². The standard InChI is InChI=1S/C8H8F4/c1-5-2-3-6(7(9)4-5)8(10,11)12/h3-5H,2H2,1H3. The Hall–Kier alpha value is -0.800. The molecule has 0 spiro atoms. The summed E-state index contributed by atoms with van der Waals surface area (Å²) in [6.07, 6.45) is -2.40. The smallest absolute Gasteiger partial charge is 0.207 e. The summed E-state index contributed by atoms with van der Waals surface area (Å²) in [6.45, 7) is 1.67. The van der Waals surface area contributed by atoms with Crippen molar-refractivity contribution in [3.63, 3.8) is 0 Å². The first kappa shape index (κ1) is 9.29. The molecule has 0 saturated heterocycles. The molecule has 0 nitrogen and oxygen atoms in total. The Balaban J connectivity index is 2.89. The van der Waals surface area contributed by atoms with E-state index in [9.17, 15) is 17.6 Å². The van der Waals surface area contributed by atoms with E-state index in [0.717, 1.165) is 12.2 Å². The molecular weight excluding hydrogens is 172 g/mol. The average Bonchev–Trinajstić information content (AvgIpc) is 1.83. The largest absolute Gasteiger partial charge is 0.418 e. The SMILES string of the molecule is CC1C=C(F)C(C(F)(F)F)=CC1. The van der Waals surface area contributed by atoms with Crippen LogP contribution in [0.3, 0.4) is 0 Å². The summed E-state index contributed by atoms with van der Waals surface area (Å²) in [7, 11) is 0. The van der Waals surface area contributed by atoms with Crippen molar-refractivity contribution in [3.8, 4) is 0 Å². The molecule has 12 heavy (non-hydrogen) atoms. The zero-order chi connectivity index (χ0) is 9.35. The van der Waals surface area contributed by atoms with Crippen LogP contribution in [0.4, 0.5) is 17.6 Å². The Bertz CT molecular complexity index is 234. The quantitative estimate of drug-likeness (QED) is 0.501. The minimum absolute atomic E-state index is 0.143. The van der Waals surface area contributed by atoms with E-state index in [1.165, 1.54) is 0 Å². The summed E-state index contributed by atoms with van der Waals surface area (Å²) >= 11 is 0. The minimum atomic E-state index is -4.55. The predicted octanol–water partition coefficient (Wildman–Crippen LogP) is 3.37. The molecule has 0 saturated carbocycles. The molecule has 0 aromatic carbocycles. The number of rotatable bonds is 0. The normalized spacial score (nSPS) is 24.9. The fraction of sp³-hybridized carbons (Fsp3) is 0.500. The molecule has 0 aromatic rings. The van der Waals surface area contributed by atoms with Gasteiger partial charge in [-0.25, -0.2) is 4.39 Å². The van der Waals surface area contributed by atoms with Crippen molar-refractivity contribution in [2.45, 2.75) is 19.5 Å². The minimum Gasteiger partial charge on any atom is -0.207 e. The van der Waals surface area contributed by atoms with E-state index in [2.05, 4.69) is 0 Å². The van der Waals surface area contributed by atoms with Crippen molar-refractivity contribution >= 4 is 0 Å². The van der Waals surface area contributed by atoms with Gasteiger partial charge in [-0.05, 0) is 18.4 Å². The lowest BCUT2D eigenvalue weighted by atomic mass is 9.97. The van der Waals surface area contributed by atoms with E-state index < -0.39 is 17.6 Å². The van der Waals surface area contributed by atoms with Gasteiger partial charge in [0.05, 0.1) is 5.57 Å². The van der Waals surface area contributed by atoms with Gasteiger partial charge in [-0.3, -0.25) is 0 Å². The highest BCUT2D eigenvalue weighted by molar-refractivity contribution is 5.33. The summed E-state index contributed by atoms with van der Waals surface area (Å²) in [5, 5.41) is 0. The maximum atomic E-state index is 12.7. The van der Waals surface area contributed by atoms with Gasteiger partial charge in [-0.15, -0.1) is 0 Å². The van der Waals surface area contributed by atoms with Crippen LogP contribution in [0.1, 0.15) is 13.3 Å². The maximum Gasteiger partial charge on any atom is 0.418 e. The second kappa shape index (κ2) is 2.92. The van der Waals surface area contributed by atoms with Gasteiger partial charge in [0.15, 0.2) is 0 Å². The van der Waals surface area contributed by atoms with E-state index in [4.69, 9.17) is 0 Å². The lowest BCUT2D eigenvalue weighted by Crippen LogP contribution is -2.15. The molecule has 0 fully saturated rings. The molecule has 4 heteroatoms. The fourth-order valence-electron chi connectivity index (χ4n) is 1.06. The van der Waals surface area contributed by atoms with Gasteiger partial charge in [-0.2, -0.15) is 13.2 Å². The van der Waals surface area contributed by atoms with Gasteiger partial charge in [0.2, 0.25) is 0 Å². The van der Waals surface area contributed by atoms with Gasteiger partial charge >= 0.3 is 6.18 Å². The summed E-state index contributed by atoms with van der Waals surface area (Å²) < 4.78 is 48.6. The number of allylic oxidation sites excluding steroid dienone is 4. The molecule has 1 atom stereocenters. The van der Waals surface area contributed by atoms with E-state index in [0.29, 0.717) is 0 Å². The molecule has 0 N–H and O–H groups in total. The highest BCUT2D eigenvalue weighted by Crippen LogP contribution is 2.35. The summed E-state index contributed by atoms with van der Waals surface area (Å²) in [4.78, 5) is 0. The third kappa shape index (κ3) is 1.87. The molecule has 1 aliphatic carbocycles. The third-order valence-electron chi connectivity index (χ3n) is 1.69. The molecule has 0 aromatic heterocycles. The van der Waals surface area contributed by atoms with Crippen molar-refractivity contribution in [2.24, 2.45) is 5.92 Å². The summed E-state index contributed by atoms with van der Waals surface area (Å²) in [6, 6.07) is 0. The second-order valence-electron chi connectivity index (χ2n) is 2.84. The molecule has 0 aliphatic heterocycles. The van der Waals surface area contributed by atoms with Crippen LogP contribution in [0.15, 0.2) is 23.6 Å². The Kier molecular flexibility index (Phi) is 2.26. The number of alkyl halides is 3. The van der Waals surface area contributed by atoms with Crippen LogP contribution in [0.25, 0.3) is 0 Å². The lowest BCUT2D eigenvalue weighted by Gasteiger charge is -2.16. The summed E-state index contributed by atoms with van der Waals surface area (Å²) in [5.41, 5.74) is -1.14. The Morgan fingerprint density at radius 3 is 2.42 bits per heavy atom. The van der Waals surface area contributed by atoms with Crippen LogP contribution in [-0.2, 0) is 0 Å². The van der Waals surface area contributed by atoms with E-state index >= 15 is 0 Å². The van der Waals surface area contributed by atoms with Crippen LogP contribution in [0.5, 0.6) is 0 Å². The van der Waals surface area contributed by atoms with Crippen molar-refractivity contribution in [1.82, 2.24) is 0 Å². The van der Waals surface area contributed by atoms with Crippen molar-refractivity contribution in [1.29, 1.82) is 0 Å². The van der Waals surface area contributed by atoms with Crippen molar-refractivity contribution < 1.29 is 17.6 Å². The first-order chi connectivity index (χ1) is 5.41. The van der Waals surface area contributed by atoms with Gasteiger partial charge in [0.1, 0.15) is 5.83 Å². The predicted molar refractivity (Wildman–Crippen MR) is 37.1 cm³/mol. The average molecular weight is 180 g/mol. The molecule has 1 rings (SSSR count). The molecule has 0 heterocycles. The molecule has 0 amide bonds. The highest BCUT2D eigenvalue weighted by atomic mass is 19.4. The lowest BCUT2D eigenvalue weighted by molar-refractivity contribution is -0.0916. The number of halogens is 4. The topological polar surface area (TPSA) is 0 Å². The molecule has 1 unspecified atom stereocenters. The van der Waals surface area contributed by atoms with Crippen LogP contribution in [0.2, 0.25) is 0 Å². The first-order valence-electron chi connectivity index (χ1n) is 3.56. The Morgan fingerprint density at radius 1 is 1.42 bits per heavy atom. The van der Waals surface area contributed by atoms with Gasteiger partial charge in [0, 0.05) is 0 Å². The zero-order valence-electron chi connectivity index (χ0n) is 6.45. The van der Waals surface area contributed by atoms with Crippen LogP contribution in [-0.4, -0.2) is 6.18 Å². The monoisotopic (exact) mass is 180 g/mol. The van der Waals surface area contributed by atoms with Gasteiger partial charge < -0.3 is 0 Å². The molecular formula is C8H8F4. The second-order valence-corrected chi connectivity index (χ2v) is 2.84. The number of hydrogen-bond acceptors (Lipinski definition) is 0. The number of hydrogen-bond donors (Lipinski definition) is 0. The third-order valence-corrected chi connectivity index (χ3v) is 1.69. The summed E-state index contributed by atoms with van der Waals surface area (Å²) in [5.74, 6) is -1.29. The maximum absolute atomic E-state index is 12.7. The van der Waals surface area contributed by atoms with Crippen LogP contribution in [0, 0.1) is 5.92 Å². The van der Waals surface area contributed by atoms with Gasteiger partial charge in [-0.1, -0.05) is 13.0 Å². The molecule has 0 bridgehead atoms. The highest BCUT2D eigenvalue weighted by Gasteiger charge is 2.37. The van der Waals surface area contributed by atoms with Crippen LogP contribution >= 0.6 is 0 Å². The molecule has 0 radical (unpaired) electrons. The fourth-order valence-corrected chi connectivity index (χ4v) is 1.06. The first-order valence-corrected chi connectivity index (χ1v) is 3.56. The molecule has 1 aliphatic rings. The van der Waals surface area contributed by atoms with Crippen molar-refractivity contribution in [3.05, 3.63) is 23.6 Å². The van der Waals surface area contributed by atoms with E-state index in [1.807, 2.05) is 0 Å².